The van der Waals surface area contributed by atoms with Gasteiger partial charge in [-0.1, -0.05) is 35.5 Å². The summed E-state index contributed by atoms with van der Waals surface area (Å²) in [4.78, 5) is 29.0. The van der Waals surface area contributed by atoms with Crippen LogP contribution in [0.1, 0.15) is 16.8 Å². The van der Waals surface area contributed by atoms with Crippen LogP contribution in [0.15, 0.2) is 70.9 Å². The van der Waals surface area contributed by atoms with E-state index in [0.29, 0.717) is 11.3 Å². The van der Waals surface area contributed by atoms with E-state index in [1.807, 2.05) is 6.07 Å². The Morgan fingerprint density at radius 2 is 1.77 bits per heavy atom. The number of nitrogens with zero attached hydrogens (tertiary/aromatic N) is 1. The Kier molecular flexibility index (Phi) is 2.89. The molecule has 2 unspecified atom stereocenters. The van der Waals surface area contributed by atoms with Gasteiger partial charge in [0.2, 0.25) is 0 Å². The molecule has 0 aromatic heterocycles. The van der Waals surface area contributed by atoms with Gasteiger partial charge in [-0.15, -0.1) is 0 Å². The predicted molar refractivity (Wildman–Crippen MR) is 81.2 cm³/mol. The standard InChI is InChI=1S/C18H13NO3/c20-15-9-8-14(16-12-6-7-13(10-12)17(15)16)19-22-18(21)11-4-2-1-3-5-11/h1-9,12-13H,10H2/b19-14+. The van der Waals surface area contributed by atoms with Gasteiger partial charge >= 0.3 is 5.97 Å². The summed E-state index contributed by atoms with van der Waals surface area (Å²) in [5.74, 6) is -0.0602. The summed E-state index contributed by atoms with van der Waals surface area (Å²) < 4.78 is 0. The second-order valence-electron chi connectivity index (χ2n) is 5.58. The molecule has 4 heteroatoms. The van der Waals surface area contributed by atoms with Crippen LogP contribution in [0.3, 0.4) is 0 Å². The van der Waals surface area contributed by atoms with Gasteiger partial charge in [-0.2, -0.15) is 0 Å². The molecule has 0 saturated heterocycles. The molecule has 0 N–H and O–H groups in total. The quantitative estimate of drug-likeness (QED) is 0.364. The number of carbonyl (C=O) groups excluding carboxylic acids is 2. The second-order valence-corrected chi connectivity index (χ2v) is 5.58. The third-order valence-electron chi connectivity index (χ3n) is 4.29. The van der Waals surface area contributed by atoms with Crippen molar-refractivity contribution < 1.29 is 14.4 Å². The van der Waals surface area contributed by atoms with E-state index >= 15 is 0 Å². The van der Waals surface area contributed by atoms with E-state index in [-0.39, 0.29) is 17.6 Å². The Bertz CT molecular complexity index is 784. The van der Waals surface area contributed by atoms with Crippen molar-refractivity contribution in [2.24, 2.45) is 17.0 Å². The lowest BCUT2D eigenvalue weighted by Gasteiger charge is -2.17. The third kappa shape index (κ3) is 1.96. The average molecular weight is 291 g/mol. The Morgan fingerprint density at radius 3 is 2.55 bits per heavy atom. The fourth-order valence-electron chi connectivity index (χ4n) is 3.30. The summed E-state index contributed by atoms with van der Waals surface area (Å²) in [5.41, 5.74) is 2.76. The van der Waals surface area contributed by atoms with Gasteiger partial charge in [0.1, 0.15) is 5.71 Å². The zero-order valence-electron chi connectivity index (χ0n) is 11.7. The van der Waals surface area contributed by atoms with E-state index in [1.54, 1.807) is 30.3 Å². The van der Waals surface area contributed by atoms with Crippen LogP contribution in [-0.4, -0.2) is 17.5 Å². The van der Waals surface area contributed by atoms with Gasteiger partial charge in [0.15, 0.2) is 5.78 Å². The van der Waals surface area contributed by atoms with Crippen LogP contribution in [0.4, 0.5) is 0 Å². The molecule has 22 heavy (non-hydrogen) atoms. The number of hydrogen-bond donors (Lipinski definition) is 0. The molecule has 2 bridgehead atoms. The first-order chi connectivity index (χ1) is 10.7. The van der Waals surface area contributed by atoms with Crippen molar-refractivity contribution >= 4 is 17.5 Å². The summed E-state index contributed by atoms with van der Waals surface area (Å²) >= 11 is 0. The van der Waals surface area contributed by atoms with E-state index in [4.69, 9.17) is 4.84 Å². The van der Waals surface area contributed by atoms with Crippen molar-refractivity contribution in [2.45, 2.75) is 6.42 Å². The van der Waals surface area contributed by atoms with Crippen molar-refractivity contribution in [3.8, 4) is 0 Å². The molecule has 4 nitrogen and oxygen atoms in total. The number of rotatable bonds is 2. The molecule has 0 saturated carbocycles. The molecule has 0 heterocycles. The SMILES string of the molecule is O=C1C=C/C(=N\OC(=O)c2ccccc2)C2=C1C1C=CC2C1. The number of benzene rings is 1. The molecule has 4 rings (SSSR count). The third-order valence-corrected chi connectivity index (χ3v) is 4.29. The normalized spacial score (nSPS) is 26.7. The molecule has 3 aliphatic carbocycles. The highest BCUT2D eigenvalue weighted by Crippen LogP contribution is 2.46. The van der Waals surface area contributed by atoms with Gasteiger partial charge < -0.3 is 4.84 Å². The molecule has 0 aliphatic heterocycles. The molecule has 108 valence electrons. The molecule has 3 aliphatic rings. The lowest BCUT2D eigenvalue weighted by molar-refractivity contribution is -0.111. The smallest absolute Gasteiger partial charge is 0.312 e. The van der Waals surface area contributed by atoms with Crippen LogP contribution >= 0.6 is 0 Å². The lowest BCUT2D eigenvalue weighted by Crippen LogP contribution is -2.18. The van der Waals surface area contributed by atoms with Gasteiger partial charge in [-0.3, -0.25) is 4.79 Å². The molecular formula is C18H13NO3. The second kappa shape index (κ2) is 4.91. The van der Waals surface area contributed by atoms with Gasteiger partial charge in [-0.05, 0) is 36.3 Å². The van der Waals surface area contributed by atoms with E-state index in [1.165, 1.54) is 6.08 Å². The Morgan fingerprint density at radius 1 is 1.05 bits per heavy atom. The largest absolute Gasteiger partial charge is 0.365 e. The van der Waals surface area contributed by atoms with Crippen molar-refractivity contribution in [3.63, 3.8) is 0 Å². The van der Waals surface area contributed by atoms with Crippen LogP contribution in [0.2, 0.25) is 0 Å². The highest BCUT2D eigenvalue weighted by molar-refractivity contribution is 6.23. The van der Waals surface area contributed by atoms with Gasteiger partial charge in [0.25, 0.3) is 0 Å². The summed E-state index contributed by atoms with van der Waals surface area (Å²) in [5, 5.41) is 3.99. The molecule has 0 spiro atoms. The molecule has 0 amide bonds. The zero-order chi connectivity index (χ0) is 15.1. The Balaban J connectivity index is 1.60. The number of oxime groups is 1. The van der Waals surface area contributed by atoms with E-state index in [9.17, 15) is 9.59 Å². The van der Waals surface area contributed by atoms with Gasteiger partial charge in [0, 0.05) is 17.4 Å². The van der Waals surface area contributed by atoms with Crippen molar-refractivity contribution in [1.29, 1.82) is 0 Å². The van der Waals surface area contributed by atoms with Crippen molar-refractivity contribution in [2.75, 3.05) is 0 Å². The first kappa shape index (κ1) is 13.0. The van der Waals surface area contributed by atoms with E-state index < -0.39 is 5.97 Å². The van der Waals surface area contributed by atoms with Crippen LogP contribution in [0.25, 0.3) is 0 Å². The average Bonchev–Trinajstić information content (AvgIpc) is 3.17. The Hall–Kier alpha value is -2.75. The van der Waals surface area contributed by atoms with Gasteiger partial charge in [0.05, 0.1) is 5.56 Å². The first-order valence-electron chi connectivity index (χ1n) is 7.23. The maximum atomic E-state index is 12.0. The molecule has 0 fully saturated rings. The lowest BCUT2D eigenvalue weighted by atomic mass is 9.87. The predicted octanol–water partition coefficient (Wildman–Crippen LogP) is 2.84. The molecule has 2 atom stereocenters. The maximum absolute atomic E-state index is 12.0. The zero-order valence-corrected chi connectivity index (χ0v) is 11.7. The van der Waals surface area contributed by atoms with E-state index in [2.05, 4.69) is 17.3 Å². The molecule has 0 radical (unpaired) electrons. The number of ketones is 1. The fraction of sp³-hybridized carbons (Fsp3) is 0.167. The molecule has 1 aromatic carbocycles. The van der Waals surface area contributed by atoms with Crippen LogP contribution in [0.5, 0.6) is 0 Å². The topological polar surface area (TPSA) is 55.7 Å². The number of fused-ring (bicyclic) bond motifs is 4. The first-order valence-corrected chi connectivity index (χ1v) is 7.23. The van der Waals surface area contributed by atoms with Crippen LogP contribution < -0.4 is 0 Å². The summed E-state index contributed by atoms with van der Waals surface area (Å²) in [6, 6.07) is 8.72. The van der Waals surface area contributed by atoms with Crippen molar-refractivity contribution in [1.82, 2.24) is 0 Å². The van der Waals surface area contributed by atoms with E-state index in [0.717, 1.165) is 17.6 Å². The number of hydrogen-bond acceptors (Lipinski definition) is 4. The minimum Gasteiger partial charge on any atom is -0.312 e. The fourth-order valence-corrected chi connectivity index (χ4v) is 3.30. The monoisotopic (exact) mass is 291 g/mol. The summed E-state index contributed by atoms with van der Waals surface area (Å²) in [7, 11) is 0. The number of carbonyl (C=O) groups is 2. The summed E-state index contributed by atoms with van der Waals surface area (Å²) in [6.45, 7) is 0. The van der Waals surface area contributed by atoms with Crippen LogP contribution in [-0.2, 0) is 9.63 Å². The molecule has 1 aromatic rings. The summed E-state index contributed by atoms with van der Waals surface area (Å²) in [6.07, 6.45) is 8.24. The Labute approximate surface area is 127 Å². The highest BCUT2D eigenvalue weighted by atomic mass is 16.7. The van der Waals surface area contributed by atoms with Gasteiger partial charge in [-0.25, -0.2) is 4.79 Å². The van der Waals surface area contributed by atoms with Crippen molar-refractivity contribution in [3.05, 3.63) is 71.3 Å². The van der Waals surface area contributed by atoms with Crippen LogP contribution in [0, 0.1) is 11.8 Å². The number of allylic oxidation sites excluding steroid dienone is 6. The molecular weight excluding hydrogens is 278 g/mol. The minimum atomic E-state index is -0.501. The minimum absolute atomic E-state index is 0.0418. The maximum Gasteiger partial charge on any atom is 0.365 e. The highest BCUT2D eigenvalue weighted by Gasteiger charge is 2.41.